The summed E-state index contributed by atoms with van der Waals surface area (Å²) < 4.78 is 5.34. The van der Waals surface area contributed by atoms with E-state index in [0.717, 1.165) is 4.88 Å². The minimum atomic E-state index is -0.0656. The van der Waals surface area contributed by atoms with Crippen molar-refractivity contribution in [2.24, 2.45) is 0 Å². The molecule has 1 saturated heterocycles. The highest BCUT2D eigenvalue weighted by atomic mass is 32.1. The summed E-state index contributed by atoms with van der Waals surface area (Å²) in [5.41, 5.74) is 1.24. The summed E-state index contributed by atoms with van der Waals surface area (Å²) in [6.45, 7) is 1.22. The van der Waals surface area contributed by atoms with Crippen LogP contribution in [0.5, 0.6) is 0 Å². The van der Waals surface area contributed by atoms with Crippen molar-refractivity contribution in [1.29, 1.82) is 5.26 Å². The zero-order chi connectivity index (χ0) is 17.2. The molecule has 3 heterocycles. The molecule has 1 fully saturated rings. The number of carbonyl (C=O) groups is 1. The Morgan fingerprint density at radius 1 is 1.36 bits per heavy atom. The van der Waals surface area contributed by atoms with Crippen LogP contribution in [0, 0.1) is 11.3 Å². The van der Waals surface area contributed by atoms with E-state index in [1.54, 1.807) is 29.5 Å². The molecule has 1 aliphatic heterocycles. The van der Waals surface area contributed by atoms with E-state index >= 15 is 0 Å². The average molecular weight is 350 g/mol. The summed E-state index contributed by atoms with van der Waals surface area (Å²) in [6, 6.07) is 13.1. The van der Waals surface area contributed by atoms with E-state index in [4.69, 9.17) is 9.78 Å². The van der Waals surface area contributed by atoms with Crippen molar-refractivity contribution in [3.63, 3.8) is 0 Å². The quantitative estimate of drug-likeness (QED) is 0.721. The normalized spacial score (nSPS) is 17.0. The standard InChI is InChI=1S/C18H14N4O2S/c19-9-12-3-1-4-13(7-12)18-20-17(21-24-18)14-8-16(23)22(10-14)11-15-5-2-6-25-15/h1-7,14H,8,10-11H2/t14-/m1/s1. The van der Waals surface area contributed by atoms with Crippen LogP contribution in [-0.4, -0.2) is 27.5 Å². The molecule has 1 aliphatic rings. The Bertz CT molecular complexity index is 942. The minimum Gasteiger partial charge on any atom is -0.337 e. The Balaban J connectivity index is 1.51. The van der Waals surface area contributed by atoms with Gasteiger partial charge in [-0.1, -0.05) is 17.3 Å². The highest BCUT2D eigenvalue weighted by Gasteiger charge is 2.33. The molecule has 3 aromatic rings. The van der Waals surface area contributed by atoms with E-state index in [1.807, 2.05) is 28.5 Å². The summed E-state index contributed by atoms with van der Waals surface area (Å²) in [6.07, 6.45) is 0.391. The van der Waals surface area contributed by atoms with Crippen molar-refractivity contribution in [2.75, 3.05) is 6.54 Å². The maximum Gasteiger partial charge on any atom is 0.257 e. The second-order valence-corrected chi connectivity index (χ2v) is 6.94. The van der Waals surface area contributed by atoms with Gasteiger partial charge in [-0.2, -0.15) is 10.2 Å². The molecule has 0 bridgehead atoms. The van der Waals surface area contributed by atoms with Gasteiger partial charge >= 0.3 is 0 Å². The molecule has 1 atom stereocenters. The zero-order valence-electron chi connectivity index (χ0n) is 13.3. The van der Waals surface area contributed by atoms with Gasteiger partial charge in [0, 0.05) is 29.3 Å². The van der Waals surface area contributed by atoms with Gasteiger partial charge in [0.2, 0.25) is 5.91 Å². The predicted molar refractivity (Wildman–Crippen MR) is 91.5 cm³/mol. The Kier molecular flexibility index (Phi) is 4.04. The third-order valence-electron chi connectivity index (χ3n) is 4.19. The molecular formula is C18H14N4O2S. The van der Waals surface area contributed by atoms with Crippen LogP contribution < -0.4 is 0 Å². The molecule has 0 saturated carbocycles. The summed E-state index contributed by atoms with van der Waals surface area (Å²) in [5, 5.41) is 15.1. The number of hydrogen-bond donors (Lipinski definition) is 0. The number of nitriles is 1. The molecule has 0 radical (unpaired) electrons. The minimum absolute atomic E-state index is 0.0656. The lowest BCUT2D eigenvalue weighted by Gasteiger charge is -2.14. The van der Waals surface area contributed by atoms with Gasteiger partial charge in [-0.05, 0) is 29.6 Å². The predicted octanol–water partition coefficient (Wildman–Crippen LogP) is 3.19. The number of aromatic nitrogens is 2. The molecule has 0 unspecified atom stereocenters. The van der Waals surface area contributed by atoms with Crippen molar-refractivity contribution in [1.82, 2.24) is 15.0 Å². The Morgan fingerprint density at radius 3 is 3.08 bits per heavy atom. The van der Waals surface area contributed by atoms with Crippen LogP contribution in [0.25, 0.3) is 11.5 Å². The summed E-state index contributed by atoms with van der Waals surface area (Å²) in [4.78, 5) is 19.7. The highest BCUT2D eigenvalue weighted by Crippen LogP contribution is 2.29. The molecule has 1 aromatic carbocycles. The summed E-state index contributed by atoms with van der Waals surface area (Å²) in [7, 11) is 0. The summed E-state index contributed by atoms with van der Waals surface area (Å²) in [5.74, 6) is 0.955. The molecule has 0 aliphatic carbocycles. The van der Waals surface area contributed by atoms with Gasteiger partial charge in [0.1, 0.15) is 0 Å². The fourth-order valence-electron chi connectivity index (χ4n) is 2.93. The Labute approximate surface area is 148 Å². The third kappa shape index (κ3) is 3.16. The lowest BCUT2D eigenvalue weighted by molar-refractivity contribution is -0.128. The smallest absolute Gasteiger partial charge is 0.257 e. The SMILES string of the molecule is N#Cc1cccc(-c2nc([C@@H]3CC(=O)N(Cc4cccs4)C3)no2)c1. The second-order valence-electron chi connectivity index (χ2n) is 5.91. The molecule has 6 nitrogen and oxygen atoms in total. The van der Waals surface area contributed by atoms with Gasteiger partial charge in [-0.25, -0.2) is 0 Å². The first-order valence-electron chi connectivity index (χ1n) is 7.87. The summed E-state index contributed by atoms with van der Waals surface area (Å²) >= 11 is 1.64. The van der Waals surface area contributed by atoms with Crippen LogP contribution in [0.1, 0.15) is 28.6 Å². The van der Waals surface area contributed by atoms with Crippen LogP contribution in [0.15, 0.2) is 46.3 Å². The van der Waals surface area contributed by atoms with Crippen LogP contribution in [0.2, 0.25) is 0 Å². The van der Waals surface area contributed by atoms with Crippen molar-refractivity contribution in [3.8, 4) is 17.5 Å². The van der Waals surface area contributed by atoms with Gasteiger partial charge in [0.25, 0.3) is 5.89 Å². The van der Waals surface area contributed by atoms with Crippen molar-refractivity contribution in [2.45, 2.75) is 18.9 Å². The third-order valence-corrected chi connectivity index (χ3v) is 5.05. The van der Waals surface area contributed by atoms with E-state index < -0.39 is 0 Å². The van der Waals surface area contributed by atoms with Crippen LogP contribution >= 0.6 is 11.3 Å². The van der Waals surface area contributed by atoms with Crippen LogP contribution in [0.4, 0.5) is 0 Å². The van der Waals surface area contributed by atoms with E-state index in [-0.39, 0.29) is 11.8 Å². The number of hydrogen-bond acceptors (Lipinski definition) is 6. The van der Waals surface area contributed by atoms with Crippen molar-refractivity contribution >= 4 is 17.2 Å². The Hall–Kier alpha value is -2.98. The van der Waals surface area contributed by atoms with Gasteiger partial charge in [-0.15, -0.1) is 11.3 Å². The van der Waals surface area contributed by atoms with E-state index in [9.17, 15) is 4.79 Å². The number of benzene rings is 1. The van der Waals surface area contributed by atoms with Gasteiger partial charge in [0.15, 0.2) is 5.82 Å². The number of rotatable bonds is 4. The van der Waals surface area contributed by atoms with Gasteiger partial charge in [-0.3, -0.25) is 4.79 Å². The molecule has 4 rings (SSSR count). The molecule has 25 heavy (non-hydrogen) atoms. The van der Waals surface area contributed by atoms with E-state index in [1.165, 1.54) is 0 Å². The number of likely N-dealkylation sites (tertiary alicyclic amines) is 1. The first-order chi connectivity index (χ1) is 12.2. The first-order valence-corrected chi connectivity index (χ1v) is 8.75. The number of carbonyl (C=O) groups excluding carboxylic acids is 1. The number of thiophene rings is 1. The first kappa shape index (κ1) is 15.5. The lowest BCUT2D eigenvalue weighted by Crippen LogP contribution is -2.23. The molecular weight excluding hydrogens is 336 g/mol. The van der Waals surface area contributed by atoms with E-state index in [0.29, 0.717) is 42.4 Å². The molecule has 1 amide bonds. The molecule has 124 valence electrons. The average Bonchev–Trinajstić information content (AvgIpc) is 3.37. The molecule has 2 aromatic heterocycles. The molecule has 0 N–H and O–H groups in total. The lowest BCUT2D eigenvalue weighted by atomic mass is 10.1. The van der Waals surface area contributed by atoms with E-state index in [2.05, 4.69) is 16.2 Å². The fraction of sp³-hybridized carbons (Fsp3) is 0.222. The monoisotopic (exact) mass is 350 g/mol. The molecule has 0 spiro atoms. The number of amides is 1. The Morgan fingerprint density at radius 2 is 2.28 bits per heavy atom. The highest BCUT2D eigenvalue weighted by molar-refractivity contribution is 7.09. The maximum atomic E-state index is 12.3. The fourth-order valence-corrected chi connectivity index (χ4v) is 3.65. The van der Waals surface area contributed by atoms with Crippen molar-refractivity contribution in [3.05, 3.63) is 58.0 Å². The van der Waals surface area contributed by atoms with Crippen LogP contribution in [-0.2, 0) is 11.3 Å². The van der Waals surface area contributed by atoms with Gasteiger partial charge in [0.05, 0.1) is 18.2 Å². The number of nitrogens with zero attached hydrogens (tertiary/aromatic N) is 4. The topological polar surface area (TPSA) is 83.0 Å². The second kappa shape index (κ2) is 6.49. The largest absolute Gasteiger partial charge is 0.337 e. The maximum absolute atomic E-state index is 12.3. The van der Waals surface area contributed by atoms with Crippen molar-refractivity contribution < 1.29 is 9.32 Å². The van der Waals surface area contributed by atoms with Gasteiger partial charge < -0.3 is 9.42 Å². The molecule has 7 heteroatoms. The van der Waals surface area contributed by atoms with Crippen LogP contribution in [0.3, 0.4) is 0 Å². The zero-order valence-corrected chi connectivity index (χ0v) is 14.1.